The molecule has 4 rings (SSSR count). The van der Waals surface area contributed by atoms with Gasteiger partial charge in [-0.2, -0.15) is 4.39 Å². The van der Waals surface area contributed by atoms with Gasteiger partial charge in [-0.3, -0.25) is 9.78 Å². The third kappa shape index (κ3) is 2.81. The summed E-state index contributed by atoms with van der Waals surface area (Å²) in [5, 5.41) is 0. The Labute approximate surface area is 136 Å². The van der Waals surface area contributed by atoms with Crippen molar-refractivity contribution in [1.29, 1.82) is 0 Å². The van der Waals surface area contributed by atoms with Crippen molar-refractivity contribution in [3.63, 3.8) is 0 Å². The fourth-order valence-electron chi connectivity index (χ4n) is 2.83. The molecule has 0 spiro atoms. The Bertz CT molecular complexity index is 797. The maximum Gasteiger partial charge on any atom is 0.288 e. The lowest BCUT2D eigenvalue weighted by atomic mass is 10.2. The summed E-state index contributed by atoms with van der Waals surface area (Å²) in [6, 6.07) is 0. The van der Waals surface area contributed by atoms with Gasteiger partial charge in [-0.25, -0.2) is 19.3 Å². The molecule has 7 nitrogen and oxygen atoms in total. The molecular weight excluding hydrogens is 318 g/mol. The van der Waals surface area contributed by atoms with Crippen LogP contribution in [0.15, 0.2) is 17.2 Å². The Morgan fingerprint density at radius 2 is 1.67 bits per heavy atom. The van der Waals surface area contributed by atoms with Gasteiger partial charge in [0, 0.05) is 32.1 Å². The Balaban J connectivity index is 1.50. The van der Waals surface area contributed by atoms with E-state index in [9.17, 15) is 13.6 Å². The van der Waals surface area contributed by atoms with Crippen molar-refractivity contribution in [2.45, 2.75) is 18.8 Å². The van der Waals surface area contributed by atoms with Gasteiger partial charge in [0.05, 0.1) is 18.1 Å². The number of rotatable bonds is 3. The Morgan fingerprint density at radius 3 is 2.29 bits per heavy atom. The standard InChI is InChI=1S/C15H16F2N6O/c16-10-7-18-14(19-8-10)22-3-5-23(6-4-22)15-20-12(9-1-2-9)11(17)13(24)21-15/h7-9H,1-6H2,(H,20,21,24). The van der Waals surface area contributed by atoms with E-state index in [4.69, 9.17) is 0 Å². The van der Waals surface area contributed by atoms with Crippen LogP contribution in [0.2, 0.25) is 0 Å². The van der Waals surface area contributed by atoms with Gasteiger partial charge < -0.3 is 9.80 Å². The fraction of sp³-hybridized carbons (Fsp3) is 0.467. The van der Waals surface area contributed by atoms with E-state index in [-0.39, 0.29) is 11.6 Å². The zero-order valence-electron chi connectivity index (χ0n) is 12.9. The van der Waals surface area contributed by atoms with E-state index in [0.29, 0.717) is 38.1 Å². The van der Waals surface area contributed by atoms with E-state index < -0.39 is 17.2 Å². The molecule has 1 aliphatic carbocycles. The van der Waals surface area contributed by atoms with Gasteiger partial charge in [0.1, 0.15) is 0 Å². The molecule has 1 aliphatic heterocycles. The molecule has 0 aromatic carbocycles. The highest BCUT2D eigenvalue weighted by molar-refractivity contribution is 5.38. The van der Waals surface area contributed by atoms with Gasteiger partial charge in [0.15, 0.2) is 5.82 Å². The number of piperazine rings is 1. The number of H-pyrrole nitrogens is 1. The molecule has 0 radical (unpaired) electrons. The van der Waals surface area contributed by atoms with Crippen molar-refractivity contribution in [2.75, 3.05) is 36.0 Å². The molecule has 0 unspecified atom stereocenters. The van der Waals surface area contributed by atoms with E-state index in [1.165, 1.54) is 0 Å². The van der Waals surface area contributed by atoms with Gasteiger partial charge in [0.25, 0.3) is 5.56 Å². The van der Waals surface area contributed by atoms with Crippen LogP contribution in [0.3, 0.4) is 0 Å². The summed E-state index contributed by atoms with van der Waals surface area (Å²) in [5.41, 5.74) is -0.441. The third-order valence-electron chi connectivity index (χ3n) is 4.31. The maximum atomic E-state index is 13.9. The molecule has 126 valence electrons. The minimum Gasteiger partial charge on any atom is -0.339 e. The Morgan fingerprint density at radius 1 is 1.04 bits per heavy atom. The number of aromatic nitrogens is 4. The Hall–Kier alpha value is -2.58. The van der Waals surface area contributed by atoms with E-state index >= 15 is 0 Å². The van der Waals surface area contributed by atoms with E-state index in [0.717, 1.165) is 25.2 Å². The minimum absolute atomic E-state index is 0.0694. The van der Waals surface area contributed by atoms with Gasteiger partial charge in [-0.1, -0.05) is 0 Å². The summed E-state index contributed by atoms with van der Waals surface area (Å²) in [4.78, 5) is 30.4. The van der Waals surface area contributed by atoms with Crippen molar-refractivity contribution in [3.05, 3.63) is 40.1 Å². The average Bonchev–Trinajstić information content (AvgIpc) is 3.43. The molecule has 0 bridgehead atoms. The lowest BCUT2D eigenvalue weighted by Crippen LogP contribution is -2.48. The van der Waals surface area contributed by atoms with Gasteiger partial charge in [0.2, 0.25) is 17.7 Å². The molecular formula is C15H16F2N6O. The summed E-state index contributed by atoms with van der Waals surface area (Å²) >= 11 is 0. The molecule has 1 saturated heterocycles. The second kappa shape index (κ2) is 5.81. The van der Waals surface area contributed by atoms with Crippen LogP contribution >= 0.6 is 0 Å². The SMILES string of the molecule is O=c1[nH]c(N2CCN(c3ncc(F)cn3)CC2)nc(C2CC2)c1F. The fourth-order valence-corrected chi connectivity index (χ4v) is 2.83. The van der Waals surface area contributed by atoms with Gasteiger partial charge in [-0.15, -0.1) is 0 Å². The predicted octanol–water partition coefficient (Wildman–Crippen LogP) is 1.04. The van der Waals surface area contributed by atoms with Crippen molar-refractivity contribution in [2.24, 2.45) is 0 Å². The monoisotopic (exact) mass is 334 g/mol. The van der Waals surface area contributed by atoms with Crippen LogP contribution in [0.4, 0.5) is 20.7 Å². The maximum absolute atomic E-state index is 13.9. The summed E-state index contributed by atoms with van der Waals surface area (Å²) in [5.74, 6) is -0.295. The first-order chi connectivity index (χ1) is 11.6. The number of anilines is 2. The molecule has 1 saturated carbocycles. The van der Waals surface area contributed by atoms with Crippen molar-refractivity contribution >= 4 is 11.9 Å². The molecule has 2 fully saturated rings. The number of halogens is 2. The normalized spacial score (nSPS) is 18.1. The summed E-state index contributed by atoms with van der Waals surface area (Å²) in [6.45, 7) is 2.37. The van der Waals surface area contributed by atoms with Crippen LogP contribution in [0.25, 0.3) is 0 Å². The molecule has 2 aromatic heterocycles. The topological polar surface area (TPSA) is 78.0 Å². The lowest BCUT2D eigenvalue weighted by molar-refractivity contribution is 0.568. The average molecular weight is 334 g/mol. The van der Waals surface area contributed by atoms with Crippen molar-refractivity contribution < 1.29 is 8.78 Å². The number of nitrogens with zero attached hydrogens (tertiary/aromatic N) is 5. The highest BCUT2D eigenvalue weighted by atomic mass is 19.1. The quantitative estimate of drug-likeness (QED) is 0.904. The van der Waals surface area contributed by atoms with Gasteiger partial charge >= 0.3 is 0 Å². The van der Waals surface area contributed by atoms with Crippen LogP contribution < -0.4 is 15.4 Å². The van der Waals surface area contributed by atoms with Crippen molar-refractivity contribution in [1.82, 2.24) is 19.9 Å². The second-order valence-corrected chi connectivity index (χ2v) is 6.04. The summed E-state index contributed by atoms with van der Waals surface area (Å²) in [6.07, 6.45) is 4.02. The smallest absolute Gasteiger partial charge is 0.288 e. The minimum atomic E-state index is -0.764. The number of nitrogens with one attached hydrogen (secondary N) is 1. The van der Waals surface area contributed by atoms with E-state index in [1.54, 1.807) is 0 Å². The zero-order chi connectivity index (χ0) is 16.7. The predicted molar refractivity (Wildman–Crippen MR) is 83.2 cm³/mol. The molecule has 0 atom stereocenters. The number of hydrogen-bond donors (Lipinski definition) is 1. The molecule has 1 N–H and O–H groups in total. The molecule has 0 amide bonds. The first-order valence-electron chi connectivity index (χ1n) is 7.89. The zero-order valence-corrected chi connectivity index (χ0v) is 12.9. The molecule has 2 aliphatic rings. The van der Waals surface area contributed by atoms with E-state index in [2.05, 4.69) is 19.9 Å². The molecule has 9 heteroatoms. The molecule has 2 aromatic rings. The van der Waals surface area contributed by atoms with Crippen LogP contribution in [0.1, 0.15) is 24.5 Å². The van der Waals surface area contributed by atoms with Crippen LogP contribution in [-0.2, 0) is 0 Å². The number of aromatic amines is 1. The lowest BCUT2D eigenvalue weighted by Gasteiger charge is -2.35. The van der Waals surface area contributed by atoms with Crippen LogP contribution in [-0.4, -0.2) is 46.1 Å². The van der Waals surface area contributed by atoms with Gasteiger partial charge in [-0.05, 0) is 12.8 Å². The van der Waals surface area contributed by atoms with E-state index in [1.807, 2.05) is 9.80 Å². The van der Waals surface area contributed by atoms with Crippen LogP contribution in [0, 0.1) is 11.6 Å². The largest absolute Gasteiger partial charge is 0.339 e. The molecule has 3 heterocycles. The summed E-state index contributed by atoms with van der Waals surface area (Å²) in [7, 11) is 0. The third-order valence-corrected chi connectivity index (χ3v) is 4.31. The first kappa shape index (κ1) is 15.0. The second-order valence-electron chi connectivity index (χ2n) is 6.04. The first-order valence-corrected chi connectivity index (χ1v) is 7.89. The highest BCUT2D eigenvalue weighted by Gasteiger charge is 2.31. The highest BCUT2D eigenvalue weighted by Crippen LogP contribution is 2.39. The number of hydrogen-bond acceptors (Lipinski definition) is 6. The molecule has 24 heavy (non-hydrogen) atoms. The van der Waals surface area contributed by atoms with Crippen molar-refractivity contribution in [3.8, 4) is 0 Å². The Kier molecular flexibility index (Phi) is 3.62. The van der Waals surface area contributed by atoms with Crippen LogP contribution in [0.5, 0.6) is 0 Å². The summed E-state index contributed by atoms with van der Waals surface area (Å²) < 4.78 is 26.8.